The monoisotopic (exact) mass is 279 g/mol. The molecule has 0 aliphatic rings. The molecule has 0 saturated carbocycles. The van der Waals surface area contributed by atoms with Crippen LogP contribution in [0.25, 0.3) is 0 Å². The van der Waals surface area contributed by atoms with Gasteiger partial charge >= 0.3 is 6.09 Å². The molecule has 0 heterocycles. The van der Waals surface area contributed by atoms with E-state index in [2.05, 4.69) is 5.32 Å². The van der Waals surface area contributed by atoms with E-state index >= 15 is 0 Å². The number of amides is 1. The molecule has 1 aromatic carbocycles. The third-order valence-corrected chi connectivity index (χ3v) is 2.74. The third kappa shape index (κ3) is 5.09. The number of rotatable bonds is 4. The lowest BCUT2D eigenvalue weighted by Gasteiger charge is -2.23. The summed E-state index contributed by atoms with van der Waals surface area (Å²) in [4.78, 5) is 13.8. The Hall–Kier alpha value is -1.75. The molecular formula is C15H25N3O2. The number of benzene rings is 1. The minimum Gasteiger partial charge on any atom is -0.444 e. The van der Waals surface area contributed by atoms with Crippen molar-refractivity contribution >= 4 is 11.8 Å². The maximum atomic E-state index is 11.8. The summed E-state index contributed by atoms with van der Waals surface area (Å²) in [5.41, 5.74) is 7.28. The van der Waals surface area contributed by atoms with Crippen molar-refractivity contribution in [2.24, 2.45) is 5.73 Å². The molecule has 112 valence electrons. The molecule has 3 N–H and O–H groups in total. The molecule has 5 nitrogen and oxygen atoms in total. The lowest BCUT2D eigenvalue weighted by Crippen LogP contribution is -2.37. The highest BCUT2D eigenvalue weighted by molar-refractivity contribution is 5.68. The summed E-state index contributed by atoms with van der Waals surface area (Å²) in [5.74, 6) is 0. The quantitative estimate of drug-likeness (QED) is 0.887. The van der Waals surface area contributed by atoms with Gasteiger partial charge in [0.15, 0.2) is 0 Å². The zero-order valence-corrected chi connectivity index (χ0v) is 12.9. The fourth-order valence-electron chi connectivity index (χ4n) is 1.73. The molecule has 0 radical (unpaired) electrons. The highest BCUT2D eigenvalue weighted by atomic mass is 16.6. The zero-order chi connectivity index (χ0) is 15.3. The van der Waals surface area contributed by atoms with Gasteiger partial charge in [-0.15, -0.1) is 0 Å². The van der Waals surface area contributed by atoms with Crippen molar-refractivity contribution in [1.82, 2.24) is 5.32 Å². The van der Waals surface area contributed by atoms with Crippen molar-refractivity contribution in [1.29, 1.82) is 0 Å². The lowest BCUT2D eigenvalue weighted by atomic mass is 10.1. The third-order valence-electron chi connectivity index (χ3n) is 2.74. The van der Waals surface area contributed by atoms with E-state index in [0.29, 0.717) is 6.54 Å². The van der Waals surface area contributed by atoms with Gasteiger partial charge in [-0.1, -0.05) is 12.1 Å². The lowest BCUT2D eigenvalue weighted by molar-refractivity contribution is 0.0505. The number of carbonyl (C=O) groups is 1. The first-order chi connectivity index (χ1) is 9.23. The van der Waals surface area contributed by atoms with Gasteiger partial charge in [0.05, 0.1) is 6.04 Å². The predicted octanol–water partition coefficient (Wildman–Crippen LogP) is 2.28. The van der Waals surface area contributed by atoms with Crippen LogP contribution < -0.4 is 16.0 Å². The molecule has 0 bridgehead atoms. The van der Waals surface area contributed by atoms with Crippen molar-refractivity contribution in [2.45, 2.75) is 32.4 Å². The summed E-state index contributed by atoms with van der Waals surface area (Å²) >= 11 is 0. The maximum absolute atomic E-state index is 11.8. The number of nitrogens with two attached hydrogens (primary N) is 1. The highest BCUT2D eigenvalue weighted by Gasteiger charge is 2.19. The number of alkyl carbamates (subject to hydrolysis) is 1. The second kappa shape index (κ2) is 6.61. The molecule has 0 aliphatic heterocycles. The molecule has 0 fully saturated rings. The number of carbonyl (C=O) groups excluding carboxylic acids is 1. The second-order valence-corrected chi connectivity index (χ2v) is 5.92. The van der Waals surface area contributed by atoms with E-state index in [1.54, 1.807) is 0 Å². The highest BCUT2D eigenvalue weighted by Crippen LogP contribution is 2.18. The van der Waals surface area contributed by atoms with Gasteiger partial charge in [0.25, 0.3) is 0 Å². The summed E-state index contributed by atoms with van der Waals surface area (Å²) in [6.45, 7) is 5.81. The Bertz CT molecular complexity index is 435. The summed E-state index contributed by atoms with van der Waals surface area (Å²) < 4.78 is 5.24. The zero-order valence-electron chi connectivity index (χ0n) is 12.9. The van der Waals surface area contributed by atoms with Crippen LogP contribution in [-0.4, -0.2) is 32.3 Å². The van der Waals surface area contributed by atoms with Gasteiger partial charge < -0.3 is 20.7 Å². The smallest absolute Gasteiger partial charge is 0.408 e. The molecular weight excluding hydrogens is 254 g/mol. The van der Waals surface area contributed by atoms with E-state index in [-0.39, 0.29) is 6.04 Å². The molecule has 0 spiro atoms. The van der Waals surface area contributed by atoms with Gasteiger partial charge in [-0.25, -0.2) is 4.79 Å². The molecule has 5 heteroatoms. The molecule has 0 saturated heterocycles. The molecule has 20 heavy (non-hydrogen) atoms. The fraction of sp³-hybridized carbons (Fsp3) is 0.533. The Morgan fingerprint density at radius 1 is 1.30 bits per heavy atom. The minimum absolute atomic E-state index is 0.249. The summed E-state index contributed by atoms with van der Waals surface area (Å²) in [7, 11) is 3.96. The molecule has 0 aromatic heterocycles. The van der Waals surface area contributed by atoms with Crippen LogP contribution in [0.4, 0.5) is 10.5 Å². The van der Waals surface area contributed by atoms with Gasteiger partial charge in [0.1, 0.15) is 5.60 Å². The van der Waals surface area contributed by atoms with Crippen LogP contribution in [0.5, 0.6) is 0 Å². The Morgan fingerprint density at radius 3 is 2.25 bits per heavy atom. The SMILES string of the molecule is CN(C)c1ccc([C@H](CN)NC(=O)OC(C)(C)C)cc1. The number of nitrogens with zero attached hydrogens (tertiary/aromatic N) is 1. The second-order valence-electron chi connectivity index (χ2n) is 5.92. The Kier molecular flexibility index (Phi) is 5.39. The molecule has 1 aromatic rings. The van der Waals surface area contributed by atoms with Crippen LogP contribution in [0.2, 0.25) is 0 Å². The predicted molar refractivity (Wildman–Crippen MR) is 81.9 cm³/mol. The molecule has 1 amide bonds. The van der Waals surface area contributed by atoms with E-state index in [4.69, 9.17) is 10.5 Å². The van der Waals surface area contributed by atoms with Crippen molar-refractivity contribution < 1.29 is 9.53 Å². The average molecular weight is 279 g/mol. The van der Waals surface area contributed by atoms with Crippen molar-refractivity contribution in [2.75, 3.05) is 25.5 Å². The fourth-order valence-corrected chi connectivity index (χ4v) is 1.73. The molecule has 1 atom stereocenters. The van der Waals surface area contributed by atoms with Crippen LogP contribution in [0.15, 0.2) is 24.3 Å². The normalized spacial score (nSPS) is 12.7. The largest absolute Gasteiger partial charge is 0.444 e. The topological polar surface area (TPSA) is 67.6 Å². The van der Waals surface area contributed by atoms with Crippen LogP contribution in [0.1, 0.15) is 32.4 Å². The van der Waals surface area contributed by atoms with Crippen LogP contribution in [-0.2, 0) is 4.74 Å². The average Bonchev–Trinajstić information content (AvgIpc) is 2.34. The van der Waals surface area contributed by atoms with Crippen LogP contribution in [0, 0.1) is 0 Å². The molecule has 1 rings (SSSR count). The Balaban J connectivity index is 2.73. The maximum Gasteiger partial charge on any atom is 0.408 e. The summed E-state index contributed by atoms with van der Waals surface area (Å²) in [6.07, 6.45) is -0.454. The number of anilines is 1. The molecule has 0 unspecified atom stereocenters. The first-order valence-corrected chi connectivity index (χ1v) is 6.70. The van der Waals surface area contributed by atoms with Crippen molar-refractivity contribution in [3.8, 4) is 0 Å². The standard InChI is InChI=1S/C15H25N3O2/c1-15(2,3)20-14(19)17-13(10-16)11-6-8-12(9-7-11)18(4)5/h6-9,13H,10,16H2,1-5H3,(H,17,19)/t13-/m0/s1. The van der Waals surface area contributed by atoms with E-state index in [9.17, 15) is 4.79 Å². The van der Waals surface area contributed by atoms with Crippen molar-refractivity contribution in [3.05, 3.63) is 29.8 Å². The van der Waals surface area contributed by atoms with E-state index < -0.39 is 11.7 Å². The van der Waals surface area contributed by atoms with Crippen molar-refractivity contribution in [3.63, 3.8) is 0 Å². The van der Waals surface area contributed by atoms with Gasteiger partial charge in [-0.3, -0.25) is 0 Å². The first kappa shape index (κ1) is 16.3. The van der Waals surface area contributed by atoms with Gasteiger partial charge in [-0.05, 0) is 38.5 Å². The minimum atomic E-state index is -0.516. The van der Waals surface area contributed by atoms with Crippen LogP contribution in [0.3, 0.4) is 0 Å². The van der Waals surface area contributed by atoms with Crippen LogP contribution >= 0.6 is 0 Å². The number of hydrogen-bond acceptors (Lipinski definition) is 4. The number of nitrogens with one attached hydrogen (secondary N) is 1. The molecule has 0 aliphatic carbocycles. The van der Waals surface area contributed by atoms with E-state index in [1.165, 1.54) is 0 Å². The van der Waals surface area contributed by atoms with E-state index in [1.807, 2.05) is 64.0 Å². The number of ether oxygens (including phenoxy) is 1. The van der Waals surface area contributed by atoms with Gasteiger partial charge in [0.2, 0.25) is 0 Å². The van der Waals surface area contributed by atoms with Gasteiger partial charge in [-0.2, -0.15) is 0 Å². The Morgan fingerprint density at radius 2 is 1.85 bits per heavy atom. The Labute approximate surface area is 121 Å². The van der Waals surface area contributed by atoms with E-state index in [0.717, 1.165) is 11.3 Å². The first-order valence-electron chi connectivity index (χ1n) is 6.70. The number of hydrogen-bond donors (Lipinski definition) is 2. The summed E-state index contributed by atoms with van der Waals surface area (Å²) in [6, 6.07) is 7.67. The van der Waals surface area contributed by atoms with Gasteiger partial charge in [0, 0.05) is 26.3 Å². The summed E-state index contributed by atoms with van der Waals surface area (Å²) in [5, 5.41) is 2.79.